The molecule has 140 valence electrons. The van der Waals surface area contributed by atoms with Crippen LogP contribution in [0, 0.1) is 5.82 Å². The molecule has 0 unspecified atom stereocenters. The lowest BCUT2D eigenvalue weighted by Gasteiger charge is -2.22. The summed E-state index contributed by atoms with van der Waals surface area (Å²) in [4.78, 5) is 12.1. The number of ether oxygens (including phenoxy) is 1. The molecule has 0 radical (unpaired) electrons. The summed E-state index contributed by atoms with van der Waals surface area (Å²) >= 11 is 0. The fraction of sp³-hybridized carbons (Fsp3) is 0.278. The molecule has 26 heavy (non-hydrogen) atoms. The highest BCUT2D eigenvalue weighted by Gasteiger charge is 2.23. The van der Waals surface area contributed by atoms with Crippen LogP contribution in [-0.2, 0) is 21.2 Å². The Morgan fingerprint density at radius 1 is 1.19 bits per heavy atom. The van der Waals surface area contributed by atoms with Gasteiger partial charge in [-0.15, -0.1) is 0 Å². The van der Waals surface area contributed by atoms with E-state index in [4.69, 9.17) is 4.74 Å². The molecule has 2 aromatic carbocycles. The minimum atomic E-state index is -3.81. The van der Waals surface area contributed by atoms with Crippen molar-refractivity contribution in [3.63, 3.8) is 0 Å². The third-order valence-electron chi connectivity index (χ3n) is 3.68. The topological polar surface area (TPSA) is 75.7 Å². The lowest BCUT2D eigenvalue weighted by Crippen LogP contribution is -2.41. The van der Waals surface area contributed by atoms with Crippen LogP contribution >= 0.6 is 0 Å². The van der Waals surface area contributed by atoms with Crippen molar-refractivity contribution in [1.29, 1.82) is 0 Å². The second-order valence-electron chi connectivity index (χ2n) is 5.67. The van der Waals surface area contributed by atoms with E-state index in [1.165, 1.54) is 18.2 Å². The van der Waals surface area contributed by atoms with Crippen LogP contribution in [0.1, 0.15) is 5.56 Å². The Morgan fingerprint density at radius 3 is 2.58 bits per heavy atom. The second-order valence-corrected chi connectivity index (χ2v) is 7.58. The molecule has 2 aromatic rings. The minimum absolute atomic E-state index is 0.155. The number of hydrogen-bond acceptors (Lipinski definition) is 4. The Kier molecular flexibility index (Phi) is 6.57. The van der Waals surface area contributed by atoms with Gasteiger partial charge in [-0.05, 0) is 36.2 Å². The number of nitrogens with zero attached hydrogens (tertiary/aromatic N) is 1. The standard InChI is InChI=1S/C18H21FN2O4S/c1-25-15-7-5-6-14(12-15)10-11-20-18(22)13-21(26(2,23)24)17-9-4-3-8-16(17)19/h3-9,12H,10-11,13H2,1-2H3,(H,20,22). The van der Waals surface area contributed by atoms with Crippen LogP contribution in [0.5, 0.6) is 5.75 Å². The van der Waals surface area contributed by atoms with Crippen LogP contribution in [0.3, 0.4) is 0 Å². The molecule has 6 nitrogen and oxygen atoms in total. The van der Waals surface area contributed by atoms with Gasteiger partial charge in [0.15, 0.2) is 0 Å². The van der Waals surface area contributed by atoms with Crippen molar-refractivity contribution in [1.82, 2.24) is 5.32 Å². The highest BCUT2D eigenvalue weighted by molar-refractivity contribution is 7.92. The summed E-state index contributed by atoms with van der Waals surface area (Å²) in [5, 5.41) is 2.65. The number of para-hydroxylation sites is 1. The summed E-state index contributed by atoms with van der Waals surface area (Å²) in [6.45, 7) is -0.168. The van der Waals surface area contributed by atoms with Crippen LogP contribution in [0.4, 0.5) is 10.1 Å². The predicted molar refractivity (Wildman–Crippen MR) is 98.3 cm³/mol. The summed E-state index contributed by atoms with van der Waals surface area (Å²) < 4.78 is 43.7. The van der Waals surface area contributed by atoms with Gasteiger partial charge >= 0.3 is 0 Å². The minimum Gasteiger partial charge on any atom is -0.497 e. The molecule has 0 atom stereocenters. The lowest BCUT2D eigenvalue weighted by molar-refractivity contribution is -0.119. The normalized spacial score (nSPS) is 11.0. The number of methoxy groups -OCH3 is 1. The number of carbonyl (C=O) groups is 1. The molecule has 0 heterocycles. The van der Waals surface area contributed by atoms with Gasteiger partial charge in [-0.3, -0.25) is 9.10 Å². The Bertz CT molecular complexity index is 871. The average Bonchev–Trinajstić information content (AvgIpc) is 2.60. The molecule has 0 aliphatic carbocycles. The number of carbonyl (C=O) groups excluding carboxylic acids is 1. The zero-order valence-electron chi connectivity index (χ0n) is 14.6. The highest BCUT2D eigenvalue weighted by atomic mass is 32.2. The number of rotatable bonds is 8. The van der Waals surface area contributed by atoms with Gasteiger partial charge in [-0.2, -0.15) is 0 Å². The molecule has 0 saturated heterocycles. The van der Waals surface area contributed by atoms with Crippen LogP contribution in [-0.4, -0.2) is 40.8 Å². The van der Waals surface area contributed by atoms with Crippen LogP contribution in [0.25, 0.3) is 0 Å². The van der Waals surface area contributed by atoms with Crippen LogP contribution in [0.2, 0.25) is 0 Å². The predicted octanol–water partition coefficient (Wildman–Crippen LogP) is 1.96. The molecule has 1 amide bonds. The number of benzene rings is 2. The first-order chi connectivity index (χ1) is 12.3. The smallest absolute Gasteiger partial charge is 0.240 e. The van der Waals surface area contributed by atoms with E-state index in [2.05, 4.69) is 5.32 Å². The van der Waals surface area contributed by atoms with E-state index >= 15 is 0 Å². The number of nitrogens with one attached hydrogen (secondary N) is 1. The van der Waals surface area contributed by atoms with Gasteiger partial charge in [0.25, 0.3) is 0 Å². The van der Waals surface area contributed by atoms with Gasteiger partial charge < -0.3 is 10.1 Å². The molecule has 0 saturated carbocycles. The van der Waals surface area contributed by atoms with E-state index in [1.54, 1.807) is 7.11 Å². The molecule has 2 rings (SSSR count). The maximum absolute atomic E-state index is 13.9. The monoisotopic (exact) mass is 380 g/mol. The zero-order valence-corrected chi connectivity index (χ0v) is 15.4. The third-order valence-corrected chi connectivity index (χ3v) is 4.81. The zero-order chi connectivity index (χ0) is 19.2. The maximum atomic E-state index is 13.9. The summed E-state index contributed by atoms with van der Waals surface area (Å²) in [5.41, 5.74) is 0.816. The molecule has 0 aliphatic rings. The number of anilines is 1. The fourth-order valence-corrected chi connectivity index (χ4v) is 3.25. The first kappa shape index (κ1) is 19.7. The summed E-state index contributed by atoms with van der Waals surface area (Å²) in [6.07, 6.45) is 1.49. The number of hydrogen-bond donors (Lipinski definition) is 1. The third kappa shape index (κ3) is 5.45. The van der Waals surface area contributed by atoms with Gasteiger partial charge in [0.2, 0.25) is 15.9 Å². The Morgan fingerprint density at radius 2 is 1.92 bits per heavy atom. The maximum Gasteiger partial charge on any atom is 0.240 e. The van der Waals surface area contributed by atoms with Gasteiger partial charge in [0.05, 0.1) is 19.1 Å². The Hall–Kier alpha value is -2.61. The molecule has 0 spiro atoms. The summed E-state index contributed by atoms with van der Waals surface area (Å²) in [6, 6.07) is 12.9. The van der Waals surface area contributed by atoms with Gasteiger partial charge in [0.1, 0.15) is 18.1 Å². The molecule has 8 heteroatoms. The SMILES string of the molecule is COc1cccc(CCNC(=O)CN(c2ccccc2F)S(C)(=O)=O)c1. The highest BCUT2D eigenvalue weighted by Crippen LogP contribution is 2.21. The largest absolute Gasteiger partial charge is 0.497 e. The second kappa shape index (κ2) is 8.66. The Labute approximate surface area is 152 Å². The van der Waals surface area contributed by atoms with Crippen molar-refractivity contribution in [3.05, 3.63) is 59.9 Å². The van der Waals surface area contributed by atoms with Crippen molar-refractivity contribution in [2.75, 3.05) is 30.8 Å². The van der Waals surface area contributed by atoms with E-state index in [-0.39, 0.29) is 5.69 Å². The van der Waals surface area contributed by atoms with Crippen molar-refractivity contribution in [3.8, 4) is 5.75 Å². The first-order valence-electron chi connectivity index (χ1n) is 7.93. The number of amides is 1. The van der Waals surface area contributed by atoms with E-state index in [0.29, 0.717) is 13.0 Å². The lowest BCUT2D eigenvalue weighted by atomic mass is 10.1. The van der Waals surface area contributed by atoms with Crippen LogP contribution in [0.15, 0.2) is 48.5 Å². The van der Waals surface area contributed by atoms with Crippen molar-refractivity contribution < 1.29 is 22.3 Å². The van der Waals surface area contributed by atoms with Crippen LogP contribution < -0.4 is 14.4 Å². The van der Waals surface area contributed by atoms with E-state index in [1.807, 2.05) is 24.3 Å². The van der Waals surface area contributed by atoms with Gasteiger partial charge in [-0.25, -0.2) is 12.8 Å². The number of sulfonamides is 1. The average molecular weight is 380 g/mol. The van der Waals surface area contributed by atoms with E-state index < -0.39 is 28.3 Å². The quantitative estimate of drug-likeness (QED) is 0.760. The fourth-order valence-electron chi connectivity index (χ4n) is 2.40. The van der Waals surface area contributed by atoms with Crippen molar-refractivity contribution >= 4 is 21.6 Å². The molecule has 0 aromatic heterocycles. The summed E-state index contributed by atoms with van der Waals surface area (Å²) in [7, 11) is -2.23. The Balaban J connectivity index is 1.98. The molecular weight excluding hydrogens is 359 g/mol. The van der Waals surface area contributed by atoms with E-state index in [0.717, 1.165) is 27.9 Å². The summed E-state index contributed by atoms with van der Waals surface area (Å²) in [5.74, 6) is -0.500. The molecule has 1 N–H and O–H groups in total. The van der Waals surface area contributed by atoms with Crippen molar-refractivity contribution in [2.24, 2.45) is 0 Å². The van der Waals surface area contributed by atoms with E-state index in [9.17, 15) is 17.6 Å². The molecule has 0 fully saturated rings. The molecule has 0 bridgehead atoms. The first-order valence-corrected chi connectivity index (χ1v) is 9.78. The van der Waals surface area contributed by atoms with Crippen molar-refractivity contribution in [2.45, 2.75) is 6.42 Å². The van der Waals surface area contributed by atoms with Gasteiger partial charge in [-0.1, -0.05) is 24.3 Å². The molecular formula is C18H21FN2O4S. The number of halogens is 1. The van der Waals surface area contributed by atoms with Gasteiger partial charge in [0, 0.05) is 6.54 Å². The molecule has 0 aliphatic heterocycles.